The number of rotatable bonds is 5. The molecule has 6 nitrogen and oxygen atoms in total. The Labute approximate surface area is 138 Å². The van der Waals surface area contributed by atoms with Gasteiger partial charge in [0.2, 0.25) is 0 Å². The highest BCUT2D eigenvalue weighted by Gasteiger charge is 2.26. The Kier molecular flexibility index (Phi) is 6.81. The first kappa shape index (κ1) is 18.9. The molecule has 1 fully saturated rings. The summed E-state index contributed by atoms with van der Waals surface area (Å²) in [6, 6.07) is 0.351. The van der Waals surface area contributed by atoms with Gasteiger partial charge in [0.1, 0.15) is 0 Å². The summed E-state index contributed by atoms with van der Waals surface area (Å²) >= 11 is 0. The fraction of sp³-hybridized carbons (Fsp3) is 0.800. The van der Waals surface area contributed by atoms with Crippen molar-refractivity contribution in [3.8, 4) is 0 Å². The van der Waals surface area contributed by atoms with Crippen molar-refractivity contribution in [1.82, 2.24) is 25.6 Å². The van der Waals surface area contributed by atoms with Crippen molar-refractivity contribution in [1.29, 1.82) is 0 Å². The molecule has 1 saturated heterocycles. The Morgan fingerprint density at radius 1 is 1.41 bits per heavy atom. The zero-order valence-corrected chi connectivity index (χ0v) is 14.8. The second-order valence-corrected chi connectivity index (χ2v) is 6.54. The van der Waals surface area contributed by atoms with Gasteiger partial charge in [-0.3, -0.25) is 4.79 Å². The van der Waals surface area contributed by atoms with E-state index in [1.807, 2.05) is 25.5 Å². The largest absolute Gasteiger partial charge is 0.346 e. The molecular formula is C15H28ClN5O. The van der Waals surface area contributed by atoms with Gasteiger partial charge in [0.15, 0.2) is 5.69 Å². The maximum absolute atomic E-state index is 12.4. The summed E-state index contributed by atoms with van der Waals surface area (Å²) in [5, 5.41) is 14.7. The molecule has 1 aliphatic heterocycles. The molecule has 126 valence electrons. The Morgan fingerprint density at radius 2 is 2.05 bits per heavy atom. The van der Waals surface area contributed by atoms with Gasteiger partial charge in [-0.05, 0) is 53.1 Å². The van der Waals surface area contributed by atoms with Gasteiger partial charge >= 0.3 is 0 Å². The number of piperidine rings is 1. The molecule has 0 saturated carbocycles. The van der Waals surface area contributed by atoms with Gasteiger partial charge in [-0.25, -0.2) is 4.68 Å². The lowest BCUT2D eigenvalue weighted by Gasteiger charge is -2.25. The van der Waals surface area contributed by atoms with Crippen molar-refractivity contribution in [2.24, 2.45) is 0 Å². The van der Waals surface area contributed by atoms with Crippen molar-refractivity contribution >= 4 is 18.3 Å². The van der Waals surface area contributed by atoms with Crippen molar-refractivity contribution in [3.05, 3.63) is 11.4 Å². The minimum absolute atomic E-state index is 0. The third-order valence-corrected chi connectivity index (χ3v) is 4.12. The van der Waals surface area contributed by atoms with Crippen LogP contribution in [-0.2, 0) is 0 Å². The number of aromatic nitrogens is 3. The van der Waals surface area contributed by atoms with E-state index in [0.717, 1.165) is 44.5 Å². The van der Waals surface area contributed by atoms with Crippen LogP contribution in [0, 0.1) is 6.92 Å². The monoisotopic (exact) mass is 329 g/mol. The molecule has 2 N–H and O–H groups in total. The highest BCUT2D eigenvalue weighted by Crippen LogP contribution is 2.20. The summed E-state index contributed by atoms with van der Waals surface area (Å²) in [6.07, 6.45) is 4.05. The number of hydrogen-bond donors (Lipinski definition) is 2. The number of carbonyl (C=O) groups is 1. The van der Waals surface area contributed by atoms with Crippen LogP contribution < -0.4 is 10.6 Å². The number of halogens is 1. The fourth-order valence-electron chi connectivity index (χ4n) is 3.00. The van der Waals surface area contributed by atoms with Gasteiger partial charge < -0.3 is 10.6 Å². The highest BCUT2D eigenvalue weighted by molar-refractivity contribution is 5.93. The van der Waals surface area contributed by atoms with Crippen LogP contribution >= 0.6 is 12.4 Å². The van der Waals surface area contributed by atoms with Crippen LogP contribution in [0.3, 0.4) is 0 Å². The molecule has 0 aromatic carbocycles. The number of hydrogen-bond acceptors (Lipinski definition) is 4. The van der Waals surface area contributed by atoms with E-state index in [-0.39, 0.29) is 23.9 Å². The third kappa shape index (κ3) is 4.43. The molecule has 0 atom stereocenters. The third-order valence-electron chi connectivity index (χ3n) is 4.12. The molecular weight excluding hydrogens is 302 g/mol. The van der Waals surface area contributed by atoms with Crippen LogP contribution in [0.4, 0.5) is 0 Å². The van der Waals surface area contributed by atoms with Gasteiger partial charge in [-0.1, -0.05) is 18.6 Å². The fourth-order valence-corrected chi connectivity index (χ4v) is 3.00. The summed E-state index contributed by atoms with van der Waals surface area (Å²) in [5.74, 6) is -0.119. The van der Waals surface area contributed by atoms with Crippen LogP contribution in [0.15, 0.2) is 0 Å². The maximum Gasteiger partial charge on any atom is 0.274 e. The number of amides is 1. The molecule has 0 spiro atoms. The summed E-state index contributed by atoms with van der Waals surface area (Å²) in [7, 11) is 0. The summed E-state index contributed by atoms with van der Waals surface area (Å²) in [6.45, 7) is 10.1. The number of carbonyl (C=O) groups excluding carboxylic acids is 1. The second kappa shape index (κ2) is 7.92. The topological polar surface area (TPSA) is 71.8 Å². The van der Waals surface area contributed by atoms with Crippen molar-refractivity contribution in [2.45, 2.75) is 65.0 Å². The molecule has 0 radical (unpaired) electrons. The van der Waals surface area contributed by atoms with Crippen molar-refractivity contribution in [2.75, 3.05) is 13.1 Å². The zero-order chi connectivity index (χ0) is 15.5. The molecule has 1 aliphatic rings. The highest BCUT2D eigenvalue weighted by atomic mass is 35.5. The first-order valence-corrected chi connectivity index (χ1v) is 7.89. The second-order valence-electron chi connectivity index (χ2n) is 6.54. The van der Waals surface area contributed by atoms with E-state index in [1.54, 1.807) is 0 Å². The van der Waals surface area contributed by atoms with Gasteiger partial charge in [0.25, 0.3) is 5.91 Å². The van der Waals surface area contributed by atoms with E-state index < -0.39 is 0 Å². The summed E-state index contributed by atoms with van der Waals surface area (Å²) in [4.78, 5) is 12.4. The molecule has 1 aromatic heterocycles. The summed E-state index contributed by atoms with van der Waals surface area (Å²) in [5.41, 5.74) is 1.11. The first-order chi connectivity index (χ1) is 9.94. The molecule has 2 heterocycles. The quantitative estimate of drug-likeness (QED) is 0.869. The van der Waals surface area contributed by atoms with E-state index in [4.69, 9.17) is 0 Å². The van der Waals surface area contributed by atoms with Gasteiger partial charge in [0.05, 0.1) is 11.7 Å². The molecule has 2 rings (SSSR count). The molecule has 0 aliphatic carbocycles. The van der Waals surface area contributed by atoms with Crippen molar-refractivity contribution in [3.63, 3.8) is 0 Å². The van der Waals surface area contributed by atoms with E-state index in [9.17, 15) is 4.79 Å². The molecule has 0 bridgehead atoms. The molecule has 22 heavy (non-hydrogen) atoms. The molecule has 7 heteroatoms. The standard InChI is InChI=1S/C15H27N5O.ClH/c1-5-8-15(3,4)17-14(21)13-11(2)20(19-18-13)12-6-9-16-10-7-12;/h12,16H,5-10H2,1-4H3,(H,17,21);1H. The minimum atomic E-state index is -0.211. The molecule has 0 unspecified atom stereocenters. The smallest absolute Gasteiger partial charge is 0.274 e. The van der Waals surface area contributed by atoms with E-state index in [0.29, 0.717) is 11.7 Å². The predicted octanol–water partition coefficient (Wildman–Crippen LogP) is 2.24. The Morgan fingerprint density at radius 3 is 2.64 bits per heavy atom. The summed E-state index contributed by atoms with van der Waals surface area (Å²) < 4.78 is 1.92. The van der Waals surface area contributed by atoms with Crippen LogP contribution in [0.5, 0.6) is 0 Å². The van der Waals surface area contributed by atoms with Crippen LogP contribution in [0.25, 0.3) is 0 Å². The van der Waals surface area contributed by atoms with Crippen LogP contribution in [-0.4, -0.2) is 39.5 Å². The minimum Gasteiger partial charge on any atom is -0.346 e. The molecule has 1 aromatic rings. The van der Waals surface area contributed by atoms with E-state index in [1.165, 1.54) is 0 Å². The lowest BCUT2D eigenvalue weighted by Crippen LogP contribution is -2.43. The van der Waals surface area contributed by atoms with Crippen LogP contribution in [0.2, 0.25) is 0 Å². The first-order valence-electron chi connectivity index (χ1n) is 7.89. The van der Waals surface area contributed by atoms with Crippen LogP contribution in [0.1, 0.15) is 68.7 Å². The number of nitrogens with zero attached hydrogens (tertiary/aromatic N) is 3. The number of nitrogens with one attached hydrogen (secondary N) is 2. The van der Waals surface area contributed by atoms with E-state index in [2.05, 4.69) is 27.9 Å². The van der Waals surface area contributed by atoms with Gasteiger partial charge in [-0.15, -0.1) is 17.5 Å². The van der Waals surface area contributed by atoms with E-state index >= 15 is 0 Å². The van der Waals surface area contributed by atoms with Gasteiger partial charge in [-0.2, -0.15) is 0 Å². The maximum atomic E-state index is 12.4. The lowest BCUT2D eigenvalue weighted by molar-refractivity contribution is 0.0903. The predicted molar refractivity (Wildman–Crippen MR) is 89.6 cm³/mol. The Bertz CT molecular complexity index is 494. The average molecular weight is 330 g/mol. The SMILES string of the molecule is CCCC(C)(C)NC(=O)c1nnn(C2CCNCC2)c1C.Cl. The average Bonchev–Trinajstić information content (AvgIpc) is 2.81. The Hall–Kier alpha value is -1.14. The zero-order valence-electron chi connectivity index (χ0n) is 14.0. The van der Waals surface area contributed by atoms with Gasteiger partial charge in [0, 0.05) is 5.54 Å². The normalized spacial score (nSPS) is 16.2. The molecule has 1 amide bonds. The lowest BCUT2D eigenvalue weighted by atomic mass is 9.98. The van der Waals surface area contributed by atoms with Crippen molar-refractivity contribution < 1.29 is 4.79 Å². The Balaban J connectivity index is 0.00000242.